The van der Waals surface area contributed by atoms with E-state index in [4.69, 9.17) is 16.1 Å². The summed E-state index contributed by atoms with van der Waals surface area (Å²) < 4.78 is 4.86. The van der Waals surface area contributed by atoms with Gasteiger partial charge in [0.15, 0.2) is 0 Å². The number of nitrogens with zero attached hydrogens (tertiary/aromatic N) is 1. The molecule has 0 aliphatic carbocycles. The van der Waals surface area contributed by atoms with E-state index in [0.29, 0.717) is 0 Å². The van der Waals surface area contributed by atoms with Crippen molar-refractivity contribution in [2.75, 3.05) is 0 Å². The molecule has 1 aromatic rings. The third-order valence-electron chi connectivity index (χ3n) is 1.24. The van der Waals surface area contributed by atoms with Crippen LogP contribution in [-0.2, 0) is 4.87 Å². The fraction of sp³-hybridized carbons (Fsp3) is 0.571. The highest BCUT2D eigenvalue weighted by Gasteiger charge is 2.20. The summed E-state index contributed by atoms with van der Waals surface area (Å²) in [5, 5.41) is 3.78. The van der Waals surface area contributed by atoms with Crippen LogP contribution in [-0.4, -0.2) is 5.16 Å². The highest BCUT2D eigenvalue weighted by molar-refractivity contribution is 6.23. The van der Waals surface area contributed by atoms with Crippen LogP contribution in [0.1, 0.15) is 25.3 Å². The second kappa shape index (κ2) is 2.27. The maximum absolute atomic E-state index is 5.95. The number of rotatable bonds is 1. The van der Waals surface area contributed by atoms with Crippen molar-refractivity contribution >= 4 is 11.6 Å². The van der Waals surface area contributed by atoms with E-state index in [1.165, 1.54) is 0 Å². The zero-order chi connectivity index (χ0) is 7.78. The second-order valence-corrected chi connectivity index (χ2v) is 3.74. The molecule has 0 N–H and O–H groups in total. The molecule has 2 nitrogen and oxygen atoms in total. The summed E-state index contributed by atoms with van der Waals surface area (Å²) in [6.07, 6.45) is 0. The number of aromatic nitrogens is 1. The lowest BCUT2D eigenvalue weighted by Crippen LogP contribution is -2.07. The van der Waals surface area contributed by atoms with Crippen LogP contribution >= 0.6 is 11.6 Å². The van der Waals surface area contributed by atoms with Crippen molar-refractivity contribution in [3.63, 3.8) is 0 Å². The summed E-state index contributed by atoms with van der Waals surface area (Å²) in [5.41, 5.74) is 0.784. The number of aryl methyl sites for hydroxylation is 1. The molecule has 0 bridgehead atoms. The van der Waals surface area contributed by atoms with E-state index >= 15 is 0 Å². The summed E-state index contributed by atoms with van der Waals surface area (Å²) in [7, 11) is 0. The Labute approximate surface area is 65.2 Å². The average molecular weight is 160 g/mol. The van der Waals surface area contributed by atoms with Gasteiger partial charge in [0.25, 0.3) is 0 Å². The van der Waals surface area contributed by atoms with Crippen LogP contribution in [0.2, 0.25) is 0 Å². The Kier molecular flexibility index (Phi) is 1.73. The Morgan fingerprint density at radius 3 is 2.40 bits per heavy atom. The normalized spacial score (nSPS) is 12.0. The molecule has 0 atom stereocenters. The van der Waals surface area contributed by atoms with Gasteiger partial charge in [-0.2, -0.15) is 0 Å². The summed E-state index contributed by atoms with van der Waals surface area (Å²) in [6, 6.07) is 1.84. The predicted octanol–water partition coefficient (Wildman–Crippen LogP) is 2.46. The minimum absolute atomic E-state index is 0.419. The molecule has 0 unspecified atom stereocenters. The molecule has 0 spiro atoms. The first kappa shape index (κ1) is 7.61. The first-order valence-corrected chi connectivity index (χ1v) is 3.50. The first-order valence-electron chi connectivity index (χ1n) is 3.13. The maximum Gasteiger partial charge on any atom is 0.133 e. The van der Waals surface area contributed by atoms with Crippen molar-refractivity contribution in [3.05, 3.63) is 17.5 Å². The zero-order valence-corrected chi connectivity index (χ0v) is 7.07. The van der Waals surface area contributed by atoms with Gasteiger partial charge in [0.05, 0.1) is 4.87 Å². The van der Waals surface area contributed by atoms with Gasteiger partial charge in [0.1, 0.15) is 11.5 Å². The SMILES string of the molecule is Cc1cc(C(C)(C)Cl)no1. The van der Waals surface area contributed by atoms with Crippen molar-refractivity contribution in [1.29, 1.82) is 0 Å². The van der Waals surface area contributed by atoms with Crippen LogP contribution < -0.4 is 0 Å². The molecule has 0 amide bonds. The molecule has 0 fully saturated rings. The van der Waals surface area contributed by atoms with Gasteiger partial charge in [-0.05, 0) is 20.8 Å². The quantitative estimate of drug-likeness (QED) is 0.589. The molecule has 3 heteroatoms. The number of alkyl halides is 1. The predicted molar refractivity (Wildman–Crippen MR) is 40.1 cm³/mol. The van der Waals surface area contributed by atoms with E-state index < -0.39 is 4.87 Å². The third-order valence-corrected chi connectivity index (χ3v) is 1.43. The molecule has 1 rings (SSSR count). The molecule has 0 aliphatic rings. The van der Waals surface area contributed by atoms with Crippen LogP contribution in [0.15, 0.2) is 10.6 Å². The Balaban J connectivity index is 2.96. The lowest BCUT2D eigenvalue weighted by molar-refractivity contribution is 0.385. The lowest BCUT2D eigenvalue weighted by atomic mass is 10.1. The molecule has 0 radical (unpaired) electrons. The van der Waals surface area contributed by atoms with Crippen LogP contribution in [0.5, 0.6) is 0 Å². The Morgan fingerprint density at radius 2 is 2.20 bits per heavy atom. The van der Waals surface area contributed by atoms with Crippen LogP contribution in [0, 0.1) is 6.92 Å². The summed E-state index contributed by atoms with van der Waals surface area (Å²) in [6.45, 7) is 5.61. The number of hydrogen-bond donors (Lipinski definition) is 0. The standard InChI is InChI=1S/C7H10ClNO/c1-5-4-6(9-10-5)7(2,3)8/h4H,1-3H3. The van der Waals surface area contributed by atoms with E-state index in [-0.39, 0.29) is 0 Å². The van der Waals surface area contributed by atoms with E-state index in [9.17, 15) is 0 Å². The second-order valence-electron chi connectivity index (χ2n) is 2.80. The highest BCUT2D eigenvalue weighted by atomic mass is 35.5. The topological polar surface area (TPSA) is 26.0 Å². The van der Waals surface area contributed by atoms with Crippen molar-refractivity contribution in [2.45, 2.75) is 25.6 Å². The summed E-state index contributed by atoms with van der Waals surface area (Å²) >= 11 is 5.95. The van der Waals surface area contributed by atoms with E-state index in [2.05, 4.69) is 5.16 Å². The maximum atomic E-state index is 5.95. The molecule has 1 heterocycles. The fourth-order valence-corrected chi connectivity index (χ4v) is 0.736. The molecular formula is C7H10ClNO. The Morgan fingerprint density at radius 1 is 1.60 bits per heavy atom. The van der Waals surface area contributed by atoms with Crippen LogP contribution in [0.4, 0.5) is 0 Å². The van der Waals surface area contributed by atoms with Gasteiger partial charge in [-0.25, -0.2) is 0 Å². The molecule has 10 heavy (non-hydrogen) atoms. The molecule has 0 saturated carbocycles. The molecule has 0 aromatic carbocycles. The molecule has 0 aliphatic heterocycles. The molecule has 56 valence electrons. The lowest BCUT2D eigenvalue weighted by Gasteiger charge is -2.09. The van der Waals surface area contributed by atoms with E-state index in [0.717, 1.165) is 11.5 Å². The van der Waals surface area contributed by atoms with E-state index in [1.54, 1.807) is 0 Å². The van der Waals surface area contributed by atoms with Crippen molar-refractivity contribution in [1.82, 2.24) is 5.16 Å². The largest absolute Gasteiger partial charge is 0.361 e. The Bertz CT molecular complexity index is 224. The molecular weight excluding hydrogens is 150 g/mol. The third kappa shape index (κ3) is 1.51. The van der Waals surface area contributed by atoms with Gasteiger partial charge < -0.3 is 4.52 Å². The van der Waals surface area contributed by atoms with Gasteiger partial charge in [-0.1, -0.05) is 5.16 Å². The monoisotopic (exact) mass is 159 g/mol. The van der Waals surface area contributed by atoms with Crippen molar-refractivity contribution < 1.29 is 4.52 Å². The van der Waals surface area contributed by atoms with Crippen LogP contribution in [0.3, 0.4) is 0 Å². The number of hydrogen-bond acceptors (Lipinski definition) is 2. The minimum atomic E-state index is -0.419. The summed E-state index contributed by atoms with van der Waals surface area (Å²) in [4.78, 5) is -0.419. The Hall–Kier alpha value is -0.500. The van der Waals surface area contributed by atoms with E-state index in [1.807, 2.05) is 26.8 Å². The van der Waals surface area contributed by atoms with Crippen LogP contribution in [0.25, 0.3) is 0 Å². The fourth-order valence-electron chi connectivity index (χ4n) is 0.647. The van der Waals surface area contributed by atoms with Gasteiger partial charge in [-0.15, -0.1) is 11.6 Å². The average Bonchev–Trinajstić information content (AvgIpc) is 2.11. The highest BCUT2D eigenvalue weighted by Crippen LogP contribution is 2.26. The van der Waals surface area contributed by atoms with Crippen molar-refractivity contribution in [3.8, 4) is 0 Å². The first-order chi connectivity index (χ1) is 4.50. The minimum Gasteiger partial charge on any atom is -0.361 e. The number of halogens is 1. The van der Waals surface area contributed by atoms with Gasteiger partial charge in [0.2, 0.25) is 0 Å². The molecule has 0 saturated heterocycles. The smallest absolute Gasteiger partial charge is 0.133 e. The van der Waals surface area contributed by atoms with Gasteiger partial charge in [0, 0.05) is 6.07 Å². The zero-order valence-electron chi connectivity index (χ0n) is 6.31. The van der Waals surface area contributed by atoms with Gasteiger partial charge in [-0.3, -0.25) is 0 Å². The van der Waals surface area contributed by atoms with Gasteiger partial charge >= 0.3 is 0 Å². The molecule has 1 aromatic heterocycles. The van der Waals surface area contributed by atoms with Crippen molar-refractivity contribution in [2.24, 2.45) is 0 Å². The summed E-state index contributed by atoms with van der Waals surface area (Å²) in [5.74, 6) is 0.795.